The highest BCUT2D eigenvalue weighted by Crippen LogP contribution is 2.23. The molecule has 0 spiro atoms. The van der Waals surface area contributed by atoms with Crippen LogP contribution in [0, 0.1) is 5.82 Å². The van der Waals surface area contributed by atoms with E-state index >= 15 is 0 Å². The zero-order chi connectivity index (χ0) is 21.3. The van der Waals surface area contributed by atoms with Gasteiger partial charge in [0.05, 0.1) is 10.9 Å². The number of aryl methyl sites for hydroxylation is 1. The predicted octanol–water partition coefficient (Wildman–Crippen LogP) is 3.97. The van der Waals surface area contributed by atoms with E-state index in [9.17, 15) is 14.0 Å². The van der Waals surface area contributed by atoms with Crippen LogP contribution in [0.4, 0.5) is 4.39 Å². The first-order valence-corrected chi connectivity index (χ1v) is 10.4. The molecular formula is C24H26FN3O2. The quantitative estimate of drug-likeness (QED) is 0.712. The summed E-state index contributed by atoms with van der Waals surface area (Å²) in [4.78, 5) is 30.3. The van der Waals surface area contributed by atoms with Crippen LogP contribution in [0.5, 0.6) is 0 Å². The first kappa shape index (κ1) is 20.3. The van der Waals surface area contributed by atoms with Gasteiger partial charge in [0.25, 0.3) is 11.5 Å². The largest absolute Gasteiger partial charge is 0.351 e. The van der Waals surface area contributed by atoms with Crippen LogP contribution in [0.1, 0.15) is 54.9 Å². The molecule has 3 aromatic rings. The average Bonchev–Trinajstić information content (AvgIpc) is 2.97. The highest BCUT2D eigenvalue weighted by Gasteiger charge is 2.22. The summed E-state index contributed by atoms with van der Waals surface area (Å²) >= 11 is 0. The van der Waals surface area contributed by atoms with Crippen molar-refractivity contribution in [1.29, 1.82) is 0 Å². The molecule has 1 aromatic heterocycles. The van der Waals surface area contributed by atoms with Gasteiger partial charge in [-0.25, -0.2) is 9.37 Å². The van der Waals surface area contributed by atoms with E-state index in [1.807, 2.05) is 19.9 Å². The Morgan fingerprint density at radius 3 is 2.80 bits per heavy atom. The van der Waals surface area contributed by atoms with Crippen molar-refractivity contribution in [3.05, 3.63) is 75.6 Å². The molecule has 1 aliphatic rings. The molecule has 4 rings (SSSR count). The van der Waals surface area contributed by atoms with Crippen LogP contribution in [0.2, 0.25) is 0 Å². The van der Waals surface area contributed by atoms with E-state index in [1.165, 1.54) is 12.1 Å². The Balaban J connectivity index is 1.57. The lowest BCUT2D eigenvalue weighted by Crippen LogP contribution is -2.36. The number of fused-ring (bicyclic) bond motifs is 2. The van der Waals surface area contributed by atoms with Gasteiger partial charge in [-0.2, -0.15) is 0 Å². The standard InChI is InChI=1S/C24H26FN3O2/c1-24(2,17-7-6-8-18(25)14-17)15-26-22(29)16-10-11-19-20(13-16)27-21-9-4-3-5-12-28(21)23(19)30/h6-8,10-11,13-14H,3-5,9,12,15H2,1-2H3,(H,26,29). The average molecular weight is 407 g/mol. The van der Waals surface area contributed by atoms with Gasteiger partial charge < -0.3 is 5.32 Å². The molecule has 0 saturated heterocycles. The van der Waals surface area contributed by atoms with E-state index < -0.39 is 5.41 Å². The molecule has 1 aliphatic heterocycles. The molecular weight excluding hydrogens is 381 g/mol. The molecule has 6 heteroatoms. The van der Waals surface area contributed by atoms with Crippen molar-refractivity contribution < 1.29 is 9.18 Å². The smallest absolute Gasteiger partial charge is 0.261 e. The molecule has 0 aliphatic carbocycles. The number of rotatable bonds is 4. The number of hydrogen-bond donors (Lipinski definition) is 1. The number of nitrogens with zero attached hydrogens (tertiary/aromatic N) is 2. The second kappa shape index (κ2) is 8.01. The molecule has 0 radical (unpaired) electrons. The van der Waals surface area contributed by atoms with Crippen molar-refractivity contribution in [2.45, 2.75) is 51.5 Å². The van der Waals surface area contributed by atoms with E-state index in [2.05, 4.69) is 10.3 Å². The van der Waals surface area contributed by atoms with Crippen molar-refractivity contribution in [3.63, 3.8) is 0 Å². The Morgan fingerprint density at radius 2 is 2.00 bits per heavy atom. The number of carbonyl (C=O) groups excluding carboxylic acids is 1. The Labute approximate surface area is 175 Å². The predicted molar refractivity (Wildman–Crippen MR) is 115 cm³/mol. The summed E-state index contributed by atoms with van der Waals surface area (Å²) in [5.74, 6) is 0.269. The van der Waals surface area contributed by atoms with E-state index in [0.717, 1.165) is 37.1 Å². The Morgan fingerprint density at radius 1 is 1.17 bits per heavy atom. The lowest BCUT2D eigenvalue weighted by molar-refractivity contribution is 0.0946. The van der Waals surface area contributed by atoms with E-state index in [1.54, 1.807) is 28.8 Å². The van der Waals surface area contributed by atoms with Crippen LogP contribution in [-0.2, 0) is 18.4 Å². The third kappa shape index (κ3) is 3.99. The SMILES string of the molecule is CC(C)(CNC(=O)c1ccc2c(=O)n3c(nc2c1)CCCCC3)c1cccc(F)c1. The monoisotopic (exact) mass is 407 g/mol. The van der Waals surface area contributed by atoms with Gasteiger partial charge in [0.15, 0.2) is 0 Å². The molecule has 2 heterocycles. The normalized spacial score (nSPS) is 14.2. The summed E-state index contributed by atoms with van der Waals surface area (Å²) in [6.45, 7) is 4.97. The Kier molecular flexibility index (Phi) is 5.41. The second-order valence-corrected chi connectivity index (χ2v) is 8.60. The summed E-state index contributed by atoms with van der Waals surface area (Å²) in [7, 11) is 0. The Bertz CT molecular complexity index is 1170. The zero-order valence-electron chi connectivity index (χ0n) is 17.4. The third-order valence-corrected chi connectivity index (χ3v) is 5.88. The van der Waals surface area contributed by atoms with E-state index in [0.29, 0.717) is 29.6 Å². The topological polar surface area (TPSA) is 64.0 Å². The van der Waals surface area contributed by atoms with E-state index in [-0.39, 0.29) is 17.3 Å². The van der Waals surface area contributed by atoms with Gasteiger partial charge in [0.2, 0.25) is 0 Å². The van der Waals surface area contributed by atoms with Crippen LogP contribution in [0.15, 0.2) is 47.3 Å². The molecule has 0 saturated carbocycles. The zero-order valence-corrected chi connectivity index (χ0v) is 17.4. The van der Waals surface area contributed by atoms with Gasteiger partial charge >= 0.3 is 0 Å². The minimum atomic E-state index is -0.428. The molecule has 156 valence electrons. The second-order valence-electron chi connectivity index (χ2n) is 8.60. The fourth-order valence-corrected chi connectivity index (χ4v) is 3.97. The minimum Gasteiger partial charge on any atom is -0.351 e. The third-order valence-electron chi connectivity index (χ3n) is 5.88. The van der Waals surface area contributed by atoms with Gasteiger partial charge in [-0.1, -0.05) is 32.4 Å². The number of halogens is 1. The van der Waals surface area contributed by atoms with Gasteiger partial charge in [-0.15, -0.1) is 0 Å². The summed E-state index contributed by atoms with van der Waals surface area (Å²) in [5.41, 5.74) is 1.38. The number of nitrogens with one attached hydrogen (secondary N) is 1. The van der Waals surface area contributed by atoms with Crippen LogP contribution < -0.4 is 10.9 Å². The fourth-order valence-electron chi connectivity index (χ4n) is 3.97. The maximum absolute atomic E-state index is 13.6. The summed E-state index contributed by atoms with van der Waals surface area (Å²) in [5, 5.41) is 3.48. The van der Waals surface area contributed by atoms with Crippen molar-refractivity contribution >= 4 is 16.8 Å². The molecule has 1 amide bonds. The highest BCUT2D eigenvalue weighted by molar-refractivity contribution is 5.97. The van der Waals surface area contributed by atoms with Gasteiger partial charge in [-0.05, 0) is 48.7 Å². The fraction of sp³-hybridized carbons (Fsp3) is 0.375. The molecule has 30 heavy (non-hydrogen) atoms. The number of aromatic nitrogens is 2. The van der Waals surface area contributed by atoms with Crippen LogP contribution in [-0.4, -0.2) is 22.0 Å². The number of hydrogen-bond acceptors (Lipinski definition) is 3. The lowest BCUT2D eigenvalue weighted by Gasteiger charge is -2.25. The van der Waals surface area contributed by atoms with Crippen LogP contribution >= 0.6 is 0 Å². The first-order chi connectivity index (χ1) is 14.3. The molecule has 5 nitrogen and oxygen atoms in total. The summed E-state index contributed by atoms with van der Waals surface area (Å²) in [6, 6.07) is 11.5. The van der Waals surface area contributed by atoms with Crippen molar-refractivity contribution in [2.75, 3.05) is 6.54 Å². The summed E-state index contributed by atoms with van der Waals surface area (Å²) < 4.78 is 15.3. The van der Waals surface area contributed by atoms with Crippen molar-refractivity contribution in [3.8, 4) is 0 Å². The molecule has 0 fully saturated rings. The van der Waals surface area contributed by atoms with Crippen LogP contribution in [0.25, 0.3) is 10.9 Å². The lowest BCUT2D eigenvalue weighted by atomic mass is 9.84. The van der Waals surface area contributed by atoms with Gasteiger partial charge in [0.1, 0.15) is 11.6 Å². The van der Waals surface area contributed by atoms with Crippen molar-refractivity contribution in [1.82, 2.24) is 14.9 Å². The maximum atomic E-state index is 13.6. The van der Waals surface area contributed by atoms with Gasteiger partial charge in [0, 0.05) is 30.5 Å². The summed E-state index contributed by atoms with van der Waals surface area (Å²) in [6.07, 6.45) is 3.88. The maximum Gasteiger partial charge on any atom is 0.261 e. The number of carbonyl (C=O) groups is 1. The molecule has 1 N–H and O–H groups in total. The molecule has 0 atom stereocenters. The molecule has 0 unspecified atom stereocenters. The number of amides is 1. The van der Waals surface area contributed by atoms with E-state index in [4.69, 9.17) is 0 Å². The molecule has 2 aromatic carbocycles. The minimum absolute atomic E-state index is 0.0314. The first-order valence-electron chi connectivity index (χ1n) is 10.4. The van der Waals surface area contributed by atoms with Crippen molar-refractivity contribution in [2.24, 2.45) is 0 Å². The Hall–Kier alpha value is -3.02. The van der Waals surface area contributed by atoms with Crippen LogP contribution in [0.3, 0.4) is 0 Å². The van der Waals surface area contributed by atoms with Gasteiger partial charge in [-0.3, -0.25) is 14.2 Å². The number of benzene rings is 2. The molecule has 0 bridgehead atoms. The highest BCUT2D eigenvalue weighted by atomic mass is 19.1.